The number of benzene rings is 1. The summed E-state index contributed by atoms with van der Waals surface area (Å²) in [6.45, 7) is 4.95. The van der Waals surface area contributed by atoms with Crippen LogP contribution in [-0.4, -0.2) is 37.1 Å². The lowest BCUT2D eigenvalue weighted by Gasteiger charge is -2.24. The van der Waals surface area contributed by atoms with Crippen molar-refractivity contribution >= 4 is 33.2 Å². The standard InChI is InChI=1S/C15H20BrClN2/c16-15-9-13(4-3-12(15)10-17)19-8-5-14(11-19)18-6-1-2-7-18/h3-4,9,14H,1-2,5-8,10-11H2. The van der Waals surface area contributed by atoms with Gasteiger partial charge in [0.15, 0.2) is 0 Å². The lowest BCUT2D eigenvalue weighted by molar-refractivity contribution is 0.260. The number of rotatable bonds is 3. The molecule has 2 nitrogen and oxygen atoms in total. The Kier molecular flexibility index (Phi) is 4.35. The van der Waals surface area contributed by atoms with E-state index in [1.807, 2.05) is 0 Å². The topological polar surface area (TPSA) is 6.48 Å². The summed E-state index contributed by atoms with van der Waals surface area (Å²) < 4.78 is 1.13. The summed E-state index contributed by atoms with van der Waals surface area (Å²) in [5.41, 5.74) is 2.49. The van der Waals surface area contributed by atoms with Gasteiger partial charge < -0.3 is 4.90 Å². The molecule has 2 aliphatic rings. The van der Waals surface area contributed by atoms with Gasteiger partial charge in [0.05, 0.1) is 0 Å². The maximum Gasteiger partial charge on any atom is 0.0485 e. The summed E-state index contributed by atoms with van der Waals surface area (Å²) in [5.74, 6) is 0.567. The molecule has 0 saturated carbocycles. The molecule has 19 heavy (non-hydrogen) atoms. The highest BCUT2D eigenvalue weighted by Crippen LogP contribution is 2.29. The van der Waals surface area contributed by atoms with Gasteiger partial charge in [-0.15, -0.1) is 11.6 Å². The monoisotopic (exact) mass is 342 g/mol. The van der Waals surface area contributed by atoms with E-state index in [-0.39, 0.29) is 0 Å². The molecule has 0 radical (unpaired) electrons. The molecular formula is C15H20BrClN2. The van der Waals surface area contributed by atoms with E-state index in [4.69, 9.17) is 11.6 Å². The molecule has 2 heterocycles. The lowest BCUT2D eigenvalue weighted by atomic mass is 10.2. The molecule has 1 aromatic carbocycles. The van der Waals surface area contributed by atoms with Crippen molar-refractivity contribution in [1.82, 2.24) is 4.90 Å². The van der Waals surface area contributed by atoms with Gasteiger partial charge in [-0.2, -0.15) is 0 Å². The van der Waals surface area contributed by atoms with Crippen LogP contribution in [0.5, 0.6) is 0 Å². The molecule has 1 aromatic rings. The molecule has 4 heteroatoms. The Morgan fingerprint density at radius 1 is 1.21 bits per heavy atom. The summed E-state index contributed by atoms with van der Waals surface area (Å²) >= 11 is 9.52. The number of anilines is 1. The van der Waals surface area contributed by atoms with E-state index < -0.39 is 0 Å². The predicted molar refractivity (Wildman–Crippen MR) is 85.1 cm³/mol. The van der Waals surface area contributed by atoms with Crippen molar-refractivity contribution < 1.29 is 0 Å². The van der Waals surface area contributed by atoms with E-state index in [1.165, 1.54) is 56.7 Å². The third kappa shape index (κ3) is 2.93. The minimum atomic E-state index is 0.567. The van der Waals surface area contributed by atoms with E-state index in [9.17, 15) is 0 Å². The first-order valence-electron chi connectivity index (χ1n) is 7.11. The molecule has 3 rings (SSSR count). The maximum atomic E-state index is 5.90. The zero-order valence-electron chi connectivity index (χ0n) is 11.1. The van der Waals surface area contributed by atoms with E-state index >= 15 is 0 Å². The maximum absolute atomic E-state index is 5.90. The van der Waals surface area contributed by atoms with Crippen LogP contribution in [0.1, 0.15) is 24.8 Å². The Balaban J connectivity index is 1.68. The van der Waals surface area contributed by atoms with Gasteiger partial charge in [0.25, 0.3) is 0 Å². The summed E-state index contributed by atoms with van der Waals surface area (Å²) in [4.78, 5) is 5.17. The lowest BCUT2D eigenvalue weighted by Crippen LogP contribution is -2.35. The molecule has 2 aliphatic heterocycles. The van der Waals surface area contributed by atoms with Gasteiger partial charge in [0.1, 0.15) is 0 Å². The minimum absolute atomic E-state index is 0.567. The van der Waals surface area contributed by atoms with E-state index in [0.29, 0.717) is 5.88 Å². The Hall–Kier alpha value is -0.250. The minimum Gasteiger partial charge on any atom is -0.370 e. The molecule has 1 atom stereocenters. The molecule has 0 aromatic heterocycles. The number of likely N-dealkylation sites (tertiary alicyclic amines) is 1. The summed E-state index contributed by atoms with van der Waals surface area (Å²) in [5, 5.41) is 0. The zero-order valence-corrected chi connectivity index (χ0v) is 13.5. The normalized spacial score (nSPS) is 24.3. The third-order valence-corrected chi connectivity index (χ3v) is 5.39. The zero-order chi connectivity index (χ0) is 13.2. The fraction of sp³-hybridized carbons (Fsp3) is 0.600. The SMILES string of the molecule is ClCc1ccc(N2CCC(N3CCCC3)C2)cc1Br. The fourth-order valence-electron chi connectivity index (χ4n) is 3.22. The second-order valence-electron chi connectivity index (χ2n) is 5.54. The number of halogens is 2. The fourth-order valence-corrected chi connectivity index (χ4v) is 4.12. The molecule has 0 bridgehead atoms. The molecule has 0 aliphatic carbocycles. The van der Waals surface area contributed by atoms with Crippen LogP contribution in [0.25, 0.3) is 0 Å². The Labute approximate surface area is 128 Å². The van der Waals surface area contributed by atoms with Crippen LogP contribution in [0.4, 0.5) is 5.69 Å². The first-order valence-corrected chi connectivity index (χ1v) is 8.44. The first-order chi connectivity index (χ1) is 9.28. The van der Waals surface area contributed by atoms with Crippen molar-refractivity contribution in [3.8, 4) is 0 Å². The largest absolute Gasteiger partial charge is 0.370 e. The van der Waals surface area contributed by atoms with E-state index in [0.717, 1.165) is 10.5 Å². The molecule has 1 unspecified atom stereocenters. The number of hydrogen-bond donors (Lipinski definition) is 0. The second kappa shape index (κ2) is 6.02. The molecule has 0 N–H and O–H groups in total. The smallest absolute Gasteiger partial charge is 0.0485 e. The van der Waals surface area contributed by atoms with Gasteiger partial charge in [-0.25, -0.2) is 0 Å². The average molecular weight is 344 g/mol. The van der Waals surface area contributed by atoms with Gasteiger partial charge >= 0.3 is 0 Å². The van der Waals surface area contributed by atoms with E-state index in [1.54, 1.807) is 0 Å². The van der Waals surface area contributed by atoms with Crippen molar-refractivity contribution in [3.05, 3.63) is 28.2 Å². The molecule has 0 amide bonds. The first kappa shape index (κ1) is 13.7. The molecular weight excluding hydrogens is 324 g/mol. The Bertz CT molecular complexity index is 446. The third-order valence-electron chi connectivity index (χ3n) is 4.37. The van der Waals surface area contributed by atoms with Crippen molar-refractivity contribution in [2.45, 2.75) is 31.2 Å². The van der Waals surface area contributed by atoms with Gasteiger partial charge in [0, 0.05) is 35.2 Å². The average Bonchev–Trinajstić information content (AvgIpc) is 3.09. The second-order valence-corrected chi connectivity index (χ2v) is 6.66. The van der Waals surface area contributed by atoms with Crippen LogP contribution >= 0.6 is 27.5 Å². The molecule has 2 fully saturated rings. The Morgan fingerprint density at radius 3 is 2.68 bits per heavy atom. The predicted octanol–water partition coefficient (Wildman–Crippen LogP) is 3.86. The molecule has 104 valence electrons. The number of hydrogen-bond acceptors (Lipinski definition) is 2. The Morgan fingerprint density at radius 2 is 2.00 bits per heavy atom. The highest BCUT2D eigenvalue weighted by atomic mass is 79.9. The van der Waals surface area contributed by atoms with Gasteiger partial charge in [-0.3, -0.25) is 4.90 Å². The van der Waals surface area contributed by atoms with E-state index in [2.05, 4.69) is 43.9 Å². The van der Waals surface area contributed by atoms with Gasteiger partial charge in [0.2, 0.25) is 0 Å². The molecule has 0 spiro atoms. The van der Waals surface area contributed by atoms with Crippen molar-refractivity contribution in [3.63, 3.8) is 0 Å². The van der Waals surface area contributed by atoms with Crippen LogP contribution in [-0.2, 0) is 5.88 Å². The van der Waals surface area contributed by atoms with Gasteiger partial charge in [-0.05, 0) is 50.0 Å². The highest BCUT2D eigenvalue weighted by molar-refractivity contribution is 9.10. The number of nitrogens with zero attached hydrogens (tertiary/aromatic N) is 2. The van der Waals surface area contributed by atoms with Crippen molar-refractivity contribution in [1.29, 1.82) is 0 Å². The van der Waals surface area contributed by atoms with Crippen LogP contribution in [0.3, 0.4) is 0 Å². The van der Waals surface area contributed by atoms with Crippen LogP contribution in [0, 0.1) is 0 Å². The van der Waals surface area contributed by atoms with Crippen LogP contribution in [0.2, 0.25) is 0 Å². The van der Waals surface area contributed by atoms with Crippen LogP contribution < -0.4 is 4.90 Å². The van der Waals surface area contributed by atoms with Gasteiger partial charge in [-0.1, -0.05) is 22.0 Å². The summed E-state index contributed by atoms with van der Waals surface area (Å²) in [6.07, 6.45) is 4.06. The summed E-state index contributed by atoms with van der Waals surface area (Å²) in [6, 6.07) is 7.31. The van der Waals surface area contributed by atoms with Crippen molar-refractivity contribution in [2.24, 2.45) is 0 Å². The summed E-state index contributed by atoms with van der Waals surface area (Å²) in [7, 11) is 0. The number of alkyl halides is 1. The molecule has 2 saturated heterocycles. The van der Waals surface area contributed by atoms with Crippen molar-refractivity contribution in [2.75, 3.05) is 31.1 Å². The quantitative estimate of drug-likeness (QED) is 0.769. The highest BCUT2D eigenvalue weighted by Gasteiger charge is 2.29. The van der Waals surface area contributed by atoms with Crippen LogP contribution in [0.15, 0.2) is 22.7 Å².